The van der Waals surface area contributed by atoms with E-state index in [0.29, 0.717) is 12.8 Å². The molecule has 15 heavy (non-hydrogen) atoms. The highest BCUT2D eigenvalue weighted by molar-refractivity contribution is 7.13. The Kier molecular flexibility index (Phi) is 2.60. The van der Waals surface area contributed by atoms with Crippen LogP contribution in [-0.4, -0.2) is 33.4 Å². The van der Waals surface area contributed by atoms with Gasteiger partial charge >= 0.3 is 5.97 Å². The Labute approximate surface area is 91.7 Å². The molecule has 1 aliphatic heterocycles. The van der Waals surface area contributed by atoms with Crippen molar-refractivity contribution < 1.29 is 9.90 Å². The molecule has 6 heteroatoms. The second kappa shape index (κ2) is 3.77. The zero-order valence-corrected chi connectivity index (χ0v) is 9.33. The van der Waals surface area contributed by atoms with Crippen LogP contribution in [0.25, 0.3) is 0 Å². The Morgan fingerprint density at radius 1 is 1.80 bits per heavy atom. The van der Waals surface area contributed by atoms with Crippen molar-refractivity contribution in [2.24, 2.45) is 0 Å². The van der Waals surface area contributed by atoms with E-state index in [0.717, 1.165) is 18.1 Å². The molecule has 1 fully saturated rings. The number of carbonyl (C=O) groups is 1. The Morgan fingerprint density at radius 3 is 3.13 bits per heavy atom. The van der Waals surface area contributed by atoms with E-state index in [1.54, 1.807) is 5.51 Å². The molecule has 2 heterocycles. The van der Waals surface area contributed by atoms with E-state index in [4.69, 9.17) is 0 Å². The van der Waals surface area contributed by atoms with Gasteiger partial charge < -0.3 is 10.0 Å². The first-order chi connectivity index (χ1) is 7.20. The van der Waals surface area contributed by atoms with Crippen molar-refractivity contribution >= 4 is 22.4 Å². The van der Waals surface area contributed by atoms with Gasteiger partial charge in [0.1, 0.15) is 11.0 Å². The van der Waals surface area contributed by atoms with Gasteiger partial charge in [-0.15, -0.1) is 10.2 Å². The lowest BCUT2D eigenvalue weighted by Gasteiger charge is -2.33. The first kappa shape index (κ1) is 10.4. The minimum Gasteiger partial charge on any atom is -0.479 e. The molecule has 0 amide bonds. The Morgan fingerprint density at radius 2 is 2.60 bits per heavy atom. The average molecular weight is 227 g/mol. The SMILES string of the molecule is CCC1(C(=O)O)CCCN1c1nncs1. The summed E-state index contributed by atoms with van der Waals surface area (Å²) in [6.45, 7) is 2.67. The summed E-state index contributed by atoms with van der Waals surface area (Å²) < 4.78 is 0. The summed E-state index contributed by atoms with van der Waals surface area (Å²) in [5.41, 5.74) is 0.870. The van der Waals surface area contributed by atoms with Crippen LogP contribution in [0.15, 0.2) is 5.51 Å². The molecule has 0 aliphatic carbocycles. The molecule has 5 nitrogen and oxygen atoms in total. The smallest absolute Gasteiger partial charge is 0.329 e. The van der Waals surface area contributed by atoms with Gasteiger partial charge in [0.15, 0.2) is 0 Å². The topological polar surface area (TPSA) is 66.3 Å². The first-order valence-electron chi connectivity index (χ1n) is 4.98. The second-order valence-corrected chi connectivity index (χ2v) is 4.48. The summed E-state index contributed by atoms with van der Waals surface area (Å²) in [6, 6.07) is 0. The molecule has 1 aliphatic rings. The Balaban J connectivity index is 2.35. The van der Waals surface area contributed by atoms with E-state index in [1.807, 2.05) is 11.8 Å². The van der Waals surface area contributed by atoms with Crippen molar-refractivity contribution in [1.82, 2.24) is 10.2 Å². The summed E-state index contributed by atoms with van der Waals surface area (Å²) in [6.07, 6.45) is 2.19. The van der Waals surface area contributed by atoms with Gasteiger partial charge in [0.25, 0.3) is 0 Å². The molecular weight excluding hydrogens is 214 g/mol. The van der Waals surface area contributed by atoms with Crippen LogP contribution >= 0.6 is 11.3 Å². The van der Waals surface area contributed by atoms with E-state index in [-0.39, 0.29) is 0 Å². The minimum atomic E-state index is -0.764. The molecule has 1 saturated heterocycles. The van der Waals surface area contributed by atoms with Crippen LogP contribution in [0, 0.1) is 0 Å². The predicted molar refractivity (Wildman–Crippen MR) is 57.1 cm³/mol. The fraction of sp³-hybridized carbons (Fsp3) is 0.667. The zero-order valence-electron chi connectivity index (χ0n) is 8.51. The summed E-state index contributed by atoms with van der Waals surface area (Å²) >= 11 is 1.40. The van der Waals surface area contributed by atoms with Gasteiger partial charge in [-0.1, -0.05) is 18.3 Å². The highest BCUT2D eigenvalue weighted by Gasteiger charge is 2.47. The van der Waals surface area contributed by atoms with Gasteiger partial charge in [0.2, 0.25) is 5.13 Å². The van der Waals surface area contributed by atoms with Gasteiger partial charge in [0, 0.05) is 6.54 Å². The van der Waals surface area contributed by atoms with Crippen molar-refractivity contribution in [3.63, 3.8) is 0 Å². The minimum absolute atomic E-state index is 0.599. The van der Waals surface area contributed by atoms with Crippen molar-refractivity contribution in [3.8, 4) is 0 Å². The molecule has 0 aromatic carbocycles. The molecule has 1 N–H and O–H groups in total. The van der Waals surface area contributed by atoms with Crippen molar-refractivity contribution in [3.05, 3.63) is 5.51 Å². The maximum Gasteiger partial charge on any atom is 0.329 e. The molecule has 82 valence electrons. The lowest BCUT2D eigenvalue weighted by Crippen LogP contribution is -2.50. The monoisotopic (exact) mass is 227 g/mol. The summed E-state index contributed by atoms with van der Waals surface area (Å²) in [5.74, 6) is -0.752. The predicted octanol–water partition coefficient (Wildman–Crippen LogP) is 1.37. The molecule has 1 atom stereocenters. The molecule has 2 rings (SSSR count). The summed E-state index contributed by atoms with van der Waals surface area (Å²) in [5, 5.41) is 17.8. The van der Waals surface area contributed by atoms with E-state index in [2.05, 4.69) is 10.2 Å². The standard InChI is InChI=1S/C9H13N3O2S/c1-2-9(7(13)14)4-3-5-12(9)8-11-10-6-15-8/h6H,2-5H2,1H3,(H,13,14). The van der Waals surface area contributed by atoms with E-state index in [9.17, 15) is 9.90 Å². The number of rotatable bonds is 3. The highest BCUT2D eigenvalue weighted by Crippen LogP contribution is 2.37. The van der Waals surface area contributed by atoms with Crippen molar-refractivity contribution in [2.75, 3.05) is 11.4 Å². The maximum absolute atomic E-state index is 11.4. The third-order valence-corrected chi connectivity index (χ3v) is 3.76. The number of nitrogens with zero attached hydrogens (tertiary/aromatic N) is 3. The highest BCUT2D eigenvalue weighted by atomic mass is 32.1. The Bertz CT molecular complexity index is 354. The Hall–Kier alpha value is -1.17. The van der Waals surface area contributed by atoms with Crippen molar-refractivity contribution in [1.29, 1.82) is 0 Å². The van der Waals surface area contributed by atoms with Crippen molar-refractivity contribution in [2.45, 2.75) is 31.7 Å². The maximum atomic E-state index is 11.4. The number of aliphatic carboxylic acids is 1. The van der Waals surface area contributed by atoms with Crippen LogP contribution in [0.2, 0.25) is 0 Å². The second-order valence-electron chi connectivity index (χ2n) is 3.67. The third kappa shape index (κ3) is 1.49. The van der Waals surface area contributed by atoms with Crippen LogP contribution in [0.5, 0.6) is 0 Å². The van der Waals surface area contributed by atoms with E-state index < -0.39 is 11.5 Å². The fourth-order valence-electron chi connectivity index (χ4n) is 2.18. The first-order valence-corrected chi connectivity index (χ1v) is 5.86. The molecule has 0 spiro atoms. The molecule has 0 bridgehead atoms. The van der Waals surface area contributed by atoms with Crippen LogP contribution in [0.3, 0.4) is 0 Å². The number of carboxylic acid groups (broad SMARTS) is 1. The van der Waals surface area contributed by atoms with Crippen LogP contribution in [0.4, 0.5) is 5.13 Å². The largest absolute Gasteiger partial charge is 0.479 e. The fourth-order valence-corrected chi connectivity index (χ4v) is 2.86. The van der Waals surface area contributed by atoms with Crippen LogP contribution in [0.1, 0.15) is 26.2 Å². The number of carboxylic acids is 1. The van der Waals surface area contributed by atoms with Gasteiger partial charge in [-0.05, 0) is 19.3 Å². The molecular formula is C9H13N3O2S. The molecule has 1 aromatic heterocycles. The number of aromatic nitrogens is 2. The number of hydrogen-bond acceptors (Lipinski definition) is 5. The lowest BCUT2D eigenvalue weighted by molar-refractivity contribution is -0.143. The van der Waals surface area contributed by atoms with Gasteiger partial charge in [-0.3, -0.25) is 0 Å². The third-order valence-electron chi connectivity index (χ3n) is 3.05. The van der Waals surface area contributed by atoms with E-state index >= 15 is 0 Å². The average Bonchev–Trinajstić information content (AvgIpc) is 2.86. The van der Waals surface area contributed by atoms with E-state index in [1.165, 1.54) is 11.3 Å². The molecule has 1 aromatic rings. The molecule has 0 saturated carbocycles. The van der Waals surface area contributed by atoms with Gasteiger partial charge in [-0.2, -0.15) is 0 Å². The zero-order chi connectivity index (χ0) is 10.9. The van der Waals surface area contributed by atoms with Crippen LogP contribution in [-0.2, 0) is 4.79 Å². The number of hydrogen-bond donors (Lipinski definition) is 1. The molecule has 0 radical (unpaired) electrons. The normalized spacial score (nSPS) is 25.8. The van der Waals surface area contributed by atoms with Crippen LogP contribution < -0.4 is 4.90 Å². The quantitative estimate of drug-likeness (QED) is 0.844. The van der Waals surface area contributed by atoms with Gasteiger partial charge in [0.05, 0.1) is 0 Å². The summed E-state index contributed by atoms with van der Waals surface area (Å²) in [4.78, 5) is 13.3. The van der Waals surface area contributed by atoms with Gasteiger partial charge in [-0.25, -0.2) is 4.79 Å². The molecule has 1 unspecified atom stereocenters. The summed E-state index contributed by atoms with van der Waals surface area (Å²) in [7, 11) is 0. The lowest BCUT2D eigenvalue weighted by atomic mass is 9.93. The number of anilines is 1.